The number of hydrogen-bond acceptors (Lipinski definition) is 1. The van der Waals surface area contributed by atoms with Crippen LogP contribution >= 0.6 is 28.1 Å². The predicted octanol–water partition coefficient (Wildman–Crippen LogP) is 4.96. The van der Waals surface area contributed by atoms with Crippen molar-refractivity contribution >= 4 is 39.2 Å². The summed E-state index contributed by atoms with van der Waals surface area (Å²) in [5.41, 5.74) is 1.73. The molecule has 3 rings (SSSR count). The Kier molecular flexibility index (Phi) is 3.58. The van der Waals surface area contributed by atoms with Gasteiger partial charge in [-0.15, -0.1) is 0 Å². The molecule has 1 atom stereocenters. The van der Waals surface area contributed by atoms with Gasteiger partial charge < -0.3 is 9.55 Å². The second kappa shape index (κ2) is 5.21. The van der Waals surface area contributed by atoms with Crippen LogP contribution in [0.25, 0.3) is 11.0 Å². The van der Waals surface area contributed by atoms with E-state index in [1.54, 1.807) is 12.1 Å². The summed E-state index contributed by atoms with van der Waals surface area (Å²) < 4.78 is 16.8. The molecule has 0 saturated carbocycles. The molecule has 0 amide bonds. The van der Waals surface area contributed by atoms with E-state index in [0.717, 1.165) is 30.4 Å². The highest BCUT2D eigenvalue weighted by molar-refractivity contribution is 9.10. The Labute approximate surface area is 124 Å². The Bertz CT molecular complexity index is 701. The van der Waals surface area contributed by atoms with Crippen molar-refractivity contribution in [2.75, 3.05) is 0 Å². The van der Waals surface area contributed by atoms with Crippen molar-refractivity contribution in [1.29, 1.82) is 0 Å². The number of aromatic amines is 1. The summed E-state index contributed by atoms with van der Waals surface area (Å²) >= 11 is 8.56. The van der Waals surface area contributed by atoms with E-state index >= 15 is 0 Å². The van der Waals surface area contributed by atoms with Gasteiger partial charge in [-0.1, -0.05) is 12.2 Å². The van der Waals surface area contributed by atoms with Crippen LogP contribution in [-0.4, -0.2) is 9.55 Å². The normalized spacial score (nSPS) is 19.2. The summed E-state index contributed by atoms with van der Waals surface area (Å²) in [4.78, 5) is 3.15. The Hall–Kier alpha value is -0.940. The first-order chi connectivity index (χ1) is 9.15. The number of rotatable bonds is 2. The molecule has 0 saturated heterocycles. The monoisotopic (exact) mass is 340 g/mol. The zero-order valence-electron chi connectivity index (χ0n) is 10.3. The molecule has 19 heavy (non-hydrogen) atoms. The first kappa shape index (κ1) is 13.1. The van der Waals surface area contributed by atoms with E-state index in [2.05, 4.69) is 33.1 Å². The van der Waals surface area contributed by atoms with Crippen molar-refractivity contribution in [2.45, 2.75) is 25.8 Å². The Morgan fingerprint density at radius 1 is 1.42 bits per heavy atom. The third-order valence-corrected chi connectivity index (χ3v) is 4.56. The number of imidazole rings is 1. The molecule has 0 radical (unpaired) electrons. The quantitative estimate of drug-likeness (QED) is 0.605. The molecule has 2 nitrogen and oxygen atoms in total. The van der Waals surface area contributed by atoms with Gasteiger partial charge in [-0.2, -0.15) is 0 Å². The van der Waals surface area contributed by atoms with Crippen molar-refractivity contribution in [3.05, 3.63) is 39.3 Å². The average molecular weight is 341 g/mol. The molecule has 5 heteroatoms. The van der Waals surface area contributed by atoms with Crippen LogP contribution in [0.2, 0.25) is 0 Å². The lowest BCUT2D eigenvalue weighted by molar-refractivity contribution is 0.413. The lowest BCUT2D eigenvalue weighted by Crippen LogP contribution is -2.12. The van der Waals surface area contributed by atoms with Gasteiger partial charge in [0.05, 0.1) is 15.5 Å². The van der Waals surface area contributed by atoms with Crippen LogP contribution in [0.5, 0.6) is 0 Å². The fourth-order valence-corrected chi connectivity index (χ4v) is 3.24. The van der Waals surface area contributed by atoms with Crippen molar-refractivity contribution < 1.29 is 4.39 Å². The van der Waals surface area contributed by atoms with Gasteiger partial charge >= 0.3 is 0 Å². The number of aromatic nitrogens is 2. The van der Waals surface area contributed by atoms with Gasteiger partial charge in [0, 0.05) is 12.6 Å². The molecule has 2 aromatic rings. The maximum Gasteiger partial charge on any atom is 0.178 e. The van der Waals surface area contributed by atoms with Crippen LogP contribution in [-0.2, 0) is 6.54 Å². The fraction of sp³-hybridized carbons (Fsp3) is 0.357. The molecule has 100 valence electrons. The minimum absolute atomic E-state index is 0.251. The molecular weight excluding hydrogens is 327 g/mol. The first-order valence-corrected chi connectivity index (χ1v) is 7.58. The maximum absolute atomic E-state index is 13.7. The van der Waals surface area contributed by atoms with Gasteiger partial charge in [-0.25, -0.2) is 4.39 Å². The molecule has 0 aliphatic heterocycles. The van der Waals surface area contributed by atoms with Crippen LogP contribution < -0.4 is 0 Å². The van der Waals surface area contributed by atoms with E-state index in [9.17, 15) is 4.39 Å². The van der Waals surface area contributed by atoms with Gasteiger partial charge in [0.25, 0.3) is 0 Å². The van der Waals surface area contributed by atoms with Crippen LogP contribution in [0.1, 0.15) is 19.3 Å². The van der Waals surface area contributed by atoms with Crippen molar-refractivity contribution in [3.8, 4) is 0 Å². The molecule has 1 aliphatic carbocycles. The highest BCUT2D eigenvalue weighted by Gasteiger charge is 2.14. The summed E-state index contributed by atoms with van der Waals surface area (Å²) in [6, 6.07) is 3.29. The second-order valence-electron chi connectivity index (χ2n) is 4.97. The van der Waals surface area contributed by atoms with E-state index in [1.807, 2.05) is 4.57 Å². The van der Waals surface area contributed by atoms with Crippen molar-refractivity contribution in [3.63, 3.8) is 0 Å². The van der Waals surface area contributed by atoms with Gasteiger partial charge in [-0.05, 0) is 59.4 Å². The lowest BCUT2D eigenvalue weighted by Gasteiger charge is -2.18. The van der Waals surface area contributed by atoms with E-state index in [-0.39, 0.29) is 5.82 Å². The molecule has 0 spiro atoms. The number of allylic oxidation sites excluding steroid dienone is 2. The number of H-pyrrole nitrogens is 1. The molecule has 1 aromatic heterocycles. The van der Waals surface area contributed by atoms with E-state index in [0.29, 0.717) is 15.2 Å². The Balaban J connectivity index is 2.02. The maximum atomic E-state index is 13.7. The van der Waals surface area contributed by atoms with Crippen molar-refractivity contribution in [2.24, 2.45) is 5.92 Å². The van der Waals surface area contributed by atoms with Gasteiger partial charge in [0.1, 0.15) is 5.82 Å². The molecule has 1 N–H and O–H groups in total. The lowest BCUT2D eigenvalue weighted by atomic mass is 9.94. The summed E-state index contributed by atoms with van der Waals surface area (Å²) in [6.45, 7) is 0.851. The SMILES string of the molecule is Fc1cc2c(cc1Br)[nH]c(=S)n2CC1CC=CCC1. The van der Waals surface area contributed by atoms with Gasteiger partial charge in [0.15, 0.2) is 4.77 Å². The topological polar surface area (TPSA) is 20.7 Å². The highest BCUT2D eigenvalue weighted by atomic mass is 79.9. The standard InChI is InChI=1S/C14H14BrFN2S/c15-10-6-12-13(7-11(10)16)18(14(19)17-12)8-9-4-2-1-3-5-9/h1-2,6-7,9H,3-5,8H2,(H,17,19). The number of nitrogens with zero attached hydrogens (tertiary/aromatic N) is 1. The number of benzene rings is 1. The van der Waals surface area contributed by atoms with E-state index < -0.39 is 0 Å². The summed E-state index contributed by atoms with van der Waals surface area (Å²) in [7, 11) is 0. The zero-order chi connectivity index (χ0) is 13.4. The molecular formula is C14H14BrFN2S. The van der Waals surface area contributed by atoms with Crippen LogP contribution in [0, 0.1) is 16.5 Å². The summed E-state index contributed by atoms with van der Waals surface area (Å²) in [6.07, 6.45) is 7.82. The molecule has 0 bridgehead atoms. The first-order valence-electron chi connectivity index (χ1n) is 6.37. The predicted molar refractivity (Wildman–Crippen MR) is 81.3 cm³/mol. The van der Waals surface area contributed by atoms with Gasteiger partial charge in [-0.3, -0.25) is 0 Å². The number of hydrogen-bond donors (Lipinski definition) is 1. The Morgan fingerprint density at radius 2 is 2.26 bits per heavy atom. The van der Waals surface area contributed by atoms with Crippen LogP contribution in [0.4, 0.5) is 4.39 Å². The minimum Gasteiger partial charge on any atom is -0.331 e. The number of halogens is 2. The van der Waals surface area contributed by atoms with Crippen LogP contribution in [0.3, 0.4) is 0 Å². The highest BCUT2D eigenvalue weighted by Crippen LogP contribution is 2.26. The third-order valence-electron chi connectivity index (χ3n) is 3.63. The minimum atomic E-state index is -0.251. The van der Waals surface area contributed by atoms with Gasteiger partial charge in [0.2, 0.25) is 0 Å². The largest absolute Gasteiger partial charge is 0.331 e. The van der Waals surface area contributed by atoms with E-state index in [1.165, 1.54) is 6.42 Å². The fourth-order valence-electron chi connectivity index (χ4n) is 2.61. The zero-order valence-corrected chi connectivity index (χ0v) is 12.7. The smallest absolute Gasteiger partial charge is 0.178 e. The number of nitrogens with one attached hydrogen (secondary N) is 1. The molecule has 1 unspecified atom stereocenters. The van der Waals surface area contributed by atoms with E-state index in [4.69, 9.17) is 12.2 Å². The molecule has 1 aromatic carbocycles. The Morgan fingerprint density at radius 3 is 3.00 bits per heavy atom. The summed E-state index contributed by atoms with van der Waals surface area (Å²) in [5, 5.41) is 0. The molecule has 0 fully saturated rings. The molecule has 1 heterocycles. The third kappa shape index (κ3) is 2.54. The van der Waals surface area contributed by atoms with Crippen molar-refractivity contribution in [1.82, 2.24) is 9.55 Å². The summed E-state index contributed by atoms with van der Waals surface area (Å²) in [5.74, 6) is 0.334. The number of fused-ring (bicyclic) bond motifs is 1. The average Bonchev–Trinajstić information content (AvgIpc) is 2.68. The van der Waals surface area contributed by atoms with Crippen LogP contribution in [0.15, 0.2) is 28.8 Å². The second-order valence-corrected chi connectivity index (χ2v) is 6.22. The molecule has 1 aliphatic rings.